The Morgan fingerprint density at radius 3 is 2.62 bits per heavy atom. The molecule has 0 radical (unpaired) electrons. The quantitative estimate of drug-likeness (QED) is 0.115. The van der Waals surface area contributed by atoms with E-state index in [9.17, 15) is 0 Å². The van der Waals surface area contributed by atoms with Crippen molar-refractivity contribution in [1.29, 1.82) is 0 Å². The summed E-state index contributed by atoms with van der Waals surface area (Å²) in [4.78, 5) is 6.99. The average molecular weight is 609 g/mol. The number of nitrogens with one attached hydrogen (secondary N) is 2. The van der Waals surface area contributed by atoms with Crippen molar-refractivity contribution < 1.29 is 14.0 Å². The minimum Gasteiger partial charge on any atom is -0.490 e. The van der Waals surface area contributed by atoms with E-state index in [0.717, 1.165) is 95.7 Å². The van der Waals surface area contributed by atoms with Gasteiger partial charge in [-0.15, -0.1) is 0 Å². The first kappa shape index (κ1) is 33.5. The molecule has 1 aliphatic rings. The Kier molecular flexibility index (Phi) is 12.0. The van der Waals surface area contributed by atoms with Gasteiger partial charge in [-0.3, -0.25) is 0 Å². The van der Waals surface area contributed by atoms with Crippen LogP contribution >= 0.6 is 0 Å². The van der Waals surface area contributed by atoms with Crippen LogP contribution in [0.4, 0.5) is 17.1 Å². The standard InChI is InChI=1S/C38H50N5O2/c1-9-12-13-20-40-38(36-28(5)14-17-34(37(36)44-8)43-23-21-39-22-24-43)41-30-15-19-35(29(6)25-30)45-31-16-18-33(42(7)11-3)32(26-31)27(4)10-2/h11,13-20,23,25-27,39H,3,9-10,12,21-22,24H2,1-2,4-8H3,(H,40,41)/q+1/b20-13+. The molecular formula is C38H50N5O2+. The van der Waals surface area contributed by atoms with E-state index in [4.69, 9.17) is 14.5 Å². The van der Waals surface area contributed by atoms with E-state index in [1.165, 1.54) is 5.56 Å². The number of amidine groups is 1. The zero-order valence-electron chi connectivity index (χ0n) is 28.1. The normalized spacial score (nSPS) is 14.2. The minimum absolute atomic E-state index is 0.395. The number of allylic oxidation sites excluding steroid dienone is 1. The first-order valence-corrected chi connectivity index (χ1v) is 16.1. The van der Waals surface area contributed by atoms with Crippen LogP contribution in [0.15, 0.2) is 78.6 Å². The molecule has 0 fully saturated rings. The predicted molar refractivity (Wildman–Crippen MR) is 191 cm³/mol. The Morgan fingerprint density at radius 2 is 1.96 bits per heavy atom. The Morgan fingerprint density at radius 1 is 1.13 bits per heavy atom. The summed E-state index contributed by atoms with van der Waals surface area (Å²) < 4.78 is 14.8. The summed E-state index contributed by atoms with van der Waals surface area (Å²) in [6.45, 7) is 17.4. The summed E-state index contributed by atoms with van der Waals surface area (Å²) >= 11 is 0. The fourth-order valence-electron chi connectivity index (χ4n) is 5.45. The molecule has 1 unspecified atom stereocenters. The van der Waals surface area contributed by atoms with Crippen molar-refractivity contribution in [2.75, 3.05) is 44.0 Å². The SMILES string of the molecule is C=CN(C)c1ccc(Oc2ccc(NC(=N/C=C/CCC)c3c(C)ccc([N+]4=CCNCC4)c3OC)cc2C)cc1C(C)CC. The van der Waals surface area contributed by atoms with Crippen molar-refractivity contribution in [2.45, 2.75) is 59.8 Å². The van der Waals surface area contributed by atoms with Crippen molar-refractivity contribution >= 4 is 29.1 Å². The predicted octanol–water partition coefficient (Wildman–Crippen LogP) is 8.69. The fraction of sp³-hybridized carbons (Fsp3) is 0.368. The lowest BCUT2D eigenvalue weighted by Crippen LogP contribution is -2.33. The number of hydrogen-bond acceptors (Lipinski definition) is 5. The number of unbranched alkanes of at least 4 members (excludes halogenated alkanes) is 1. The molecule has 0 spiro atoms. The Balaban J connectivity index is 1.67. The van der Waals surface area contributed by atoms with Crippen LogP contribution in [0, 0.1) is 13.8 Å². The molecule has 1 heterocycles. The molecule has 0 saturated carbocycles. The van der Waals surface area contributed by atoms with Gasteiger partial charge in [-0.2, -0.15) is 4.58 Å². The third-order valence-corrected chi connectivity index (χ3v) is 8.31. The molecule has 0 amide bonds. The second-order valence-corrected chi connectivity index (χ2v) is 11.6. The van der Waals surface area contributed by atoms with E-state index in [2.05, 4.69) is 104 Å². The third kappa shape index (κ3) is 8.22. The number of aryl methyl sites for hydroxylation is 2. The van der Waals surface area contributed by atoms with Crippen LogP contribution in [-0.2, 0) is 0 Å². The Bertz CT molecular complexity index is 1570. The molecule has 45 heavy (non-hydrogen) atoms. The van der Waals surface area contributed by atoms with Gasteiger partial charge in [0.05, 0.1) is 25.8 Å². The van der Waals surface area contributed by atoms with Crippen LogP contribution in [0.3, 0.4) is 0 Å². The number of anilines is 2. The highest BCUT2D eigenvalue weighted by Gasteiger charge is 2.25. The summed E-state index contributed by atoms with van der Waals surface area (Å²) in [5, 5.41) is 7.00. The molecule has 0 bridgehead atoms. The van der Waals surface area contributed by atoms with Gasteiger partial charge in [-0.25, -0.2) is 4.99 Å². The van der Waals surface area contributed by atoms with E-state index < -0.39 is 0 Å². The van der Waals surface area contributed by atoms with Crippen LogP contribution in [0.2, 0.25) is 0 Å². The van der Waals surface area contributed by atoms with Gasteiger partial charge in [0.2, 0.25) is 11.4 Å². The van der Waals surface area contributed by atoms with Crippen molar-refractivity contribution in [3.05, 3.63) is 95.8 Å². The highest BCUT2D eigenvalue weighted by Crippen LogP contribution is 2.37. The Hall–Kier alpha value is -4.36. The first-order chi connectivity index (χ1) is 21.8. The van der Waals surface area contributed by atoms with Crippen molar-refractivity contribution in [3.8, 4) is 17.2 Å². The summed E-state index contributed by atoms with van der Waals surface area (Å²) in [6.07, 6.45) is 11.1. The van der Waals surface area contributed by atoms with Gasteiger partial charge in [0.15, 0.2) is 12.8 Å². The lowest BCUT2D eigenvalue weighted by Gasteiger charge is -2.22. The van der Waals surface area contributed by atoms with Gasteiger partial charge in [-0.1, -0.05) is 45.9 Å². The van der Waals surface area contributed by atoms with Crippen molar-refractivity contribution in [2.24, 2.45) is 4.99 Å². The van der Waals surface area contributed by atoms with Crippen LogP contribution in [0.5, 0.6) is 17.2 Å². The zero-order chi connectivity index (χ0) is 32.3. The van der Waals surface area contributed by atoms with Crippen LogP contribution < -0.4 is 25.0 Å². The van der Waals surface area contributed by atoms with E-state index in [1.807, 2.05) is 37.6 Å². The number of methoxy groups -OCH3 is 1. The number of ether oxygens (including phenoxy) is 2. The summed E-state index contributed by atoms with van der Waals surface area (Å²) in [5.74, 6) is 3.57. The number of hydrogen-bond donors (Lipinski definition) is 2. The molecular weight excluding hydrogens is 558 g/mol. The summed E-state index contributed by atoms with van der Waals surface area (Å²) in [6, 6.07) is 16.7. The van der Waals surface area contributed by atoms with E-state index in [-0.39, 0.29) is 0 Å². The van der Waals surface area contributed by atoms with Crippen molar-refractivity contribution in [1.82, 2.24) is 5.32 Å². The van der Waals surface area contributed by atoms with E-state index in [1.54, 1.807) is 7.11 Å². The largest absolute Gasteiger partial charge is 0.490 e. The zero-order valence-corrected chi connectivity index (χ0v) is 28.1. The topological polar surface area (TPSA) is 61.1 Å². The molecule has 2 N–H and O–H groups in total. The smallest absolute Gasteiger partial charge is 0.248 e. The molecule has 7 nitrogen and oxygen atoms in total. The molecule has 0 aliphatic carbocycles. The van der Waals surface area contributed by atoms with Gasteiger partial charge in [0.25, 0.3) is 0 Å². The number of nitrogens with zero attached hydrogens (tertiary/aromatic N) is 3. The molecule has 238 valence electrons. The minimum atomic E-state index is 0.395. The second kappa shape index (κ2) is 16.1. The summed E-state index contributed by atoms with van der Waals surface area (Å²) in [7, 11) is 3.76. The molecule has 7 heteroatoms. The number of rotatable bonds is 13. The highest BCUT2D eigenvalue weighted by molar-refractivity contribution is 6.12. The summed E-state index contributed by atoms with van der Waals surface area (Å²) in [5.41, 5.74) is 7.40. The maximum absolute atomic E-state index is 6.44. The maximum Gasteiger partial charge on any atom is 0.248 e. The van der Waals surface area contributed by atoms with E-state index in [0.29, 0.717) is 5.92 Å². The van der Waals surface area contributed by atoms with Gasteiger partial charge in [0.1, 0.15) is 17.3 Å². The molecule has 1 atom stereocenters. The monoisotopic (exact) mass is 608 g/mol. The van der Waals surface area contributed by atoms with Gasteiger partial charge >= 0.3 is 0 Å². The van der Waals surface area contributed by atoms with Gasteiger partial charge in [0, 0.05) is 30.7 Å². The maximum atomic E-state index is 6.44. The first-order valence-electron chi connectivity index (χ1n) is 16.1. The van der Waals surface area contributed by atoms with E-state index >= 15 is 0 Å². The lowest BCUT2D eigenvalue weighted by atomic mass is 9.96. The average Bonchev–Trinajstić information content (AvgIpc) is 3.06. The Labute approximate surface area is 270 Å². The molecule has 4 rings (SSSR count). The number of aliphatic imine (C=N–C) groups is 1. The lowest BCUT2D eigenvalue weighted by molar-refractivity contribution is -0.439. The van der Waals surface area contributed by atoms with Gasteiger partial charge < -0.3 is 25.0 Å². The molecule has 0 saturated heterocycles. The molecule has 0 aromatic heterocycles. The fourth-order valence-corrected chi connectivity index (χ4v) is 5.45. The molecule has 3 aromatic carbocycles. The second-order valence-electron chi connectivity index (χ2n) is 11.6. The van der Waals surface area contributed by atoms with Crippen LogP contribution in [-0.4, -0.2) is 50.4 Å². The molecule has 1 aliphatic heterocycles. The van der Waals surface area contributed by atoms with Crippen LogP contribution in [0.1, 0.15) is 68.2 Å². The van der Waals surface area contributed by atoms with Crippen LogP contribution in [0.25, 0.3) is 0 Å². The third-order valence-electron chi connectivity index (χ3n) is 8.31. The molecule has 3 aromatic rings. The van der Waals surface area contributed by atoms with Crippen molar-refractivity contribution in [3.63, 3.8) is 0 Å². The van der Waals surface area contributed by atoms with Gasteiger partial charge in [-0.05, 0) is 91.9 Å². The highest BCUT2D eigenvalue weighted by atomic mass is 16.5. The number of benzene rings is 3.